The fraction of sp³-hybridized carbons (Fsp3) is 0.429. The van der Waals surface area contributed by atoms with Crippen LogP contribution in [0.5, 0.6) is 0 Å². The number of carbonyl (C=O) groups excluding carboxylic acids is 1. The molecule has 1 amide bonds. The van der Waals surface area contributed by atoms with Crippen LogP contribution in [0.25, 0.3) is 0 Å². The van der Waals surface area contributed by atoms with Gasteiger partial charge in [-0.2, -0.15) is 0 Å². The second kappa shape index (κ2) is 5.25. The Morgan fingerprint density at radius 1 is 1.32 bits per heavy atom. The number of hydrogen-bond acceptors (Lipinski definition) is 4. The van der Waals surface area contributed by atoms with Crippen LogP contribution >= 0.6 is 11.8 Å². The van der Waals surface area contributed by atoms with Crippen molar-refractivity contribution in [1.82, 2.24) is 5.32 Å². The second-order valence-electron chi connectivity index (χ2n) is 5.24. The average Bonchev–Trinajstić information content (AvgIpc) is 2.61. The van der Waals surface area contributed by atoms with Gasteiger partial charge in [0.2, 0.25) is 0 Å². The van der Waals surface area contributed by atoms with Crippen LogP contribution in [-0.2, 0) is 10.5 Å². The van der Waals surface area contributed by atoms with E-state index in [2.05, 4.69) is 27.3 Å². The molecule has 0 radical (unpaired) electrons. The van der Waals surface area contributed by atoms with Crippen molar-refractivity contribution in [3.8, 4) is 0 Å². The van der Waals surface area contributed by atoms with Crippen molar-refractivity contribution in [2.24, 2.45) is 4.99 Å². The quantitative estimate of drug-likeness (QED) is 0.921. The molecule has 19 heavy (non-hydrogen) atoms. The predicted molar refractivity (Wildman–Crippen MR) is 81.7 cm³/mol. The Hall–Kier alpha value is -1.49. The van der Waals surface area contributed by atoms with E-state index >= 15 is 0 Å². The van der Waals surface area contributed by atoms with Gasteiger partial charge in [0.1, 0.15) is 5.54 Å². The van der Waals surface area contributed by atoms with Crippen molar-refractivity contribution in [3.63, 3.8) is 0 Å². The zero-order valence-corrected chi connectivity index (χ0v) is 12.5. The van der Waals surface area contributed by atoms with Gasteiger partial charge < -0.3 is 10.2 Å². The van der Waals surface area contributed by atoms with E-state index in [0.29, 0.717) is 5.17 Å². The molecule has 1 aliphatic heterocycles. The Kier molecular flexibility index (Phi) is 3.85. The lowest BCUT2D eigenvalue weighted by atomic mass is 10.1. The minimum absolute atomic E-state index is 0.0316. The van der Waals surface area contributed by atoms with Gasteiger partial charge in [-0.25, -0.2) is 4.99 Å². The van der Waals surface area contributed by atoms with Crippen LogP contribution in [0.1, 0.15) is 19.4 Å². The summed E-state index contributed by atoms with van der Waals surface area (Å²) in [5, 5.41) is 3.54. The van der Waals surface area contributed by atoms with Crippen molar-refractivity contribution in [2.45, 2.75) is 25.1 Å². The molecule has 4 nitrogen and oxygen atoms in total. The molecule has 0 fully saturated rings. The molecular formula is C14H19N3OS. The number of amidine groups is 1. The SMILES string of the molecule is CN(C)c1ccccc1CSC1=NC(C)(C)C(=O)N1. The molecule has 0 saturated carbocycles. The first-order valence-electron chi connectivity index (χ1n) is 6.19. The van der Waals surface area contributed by atoms with Crippen LogP contribution in [0, 0.1) is 0 Å². The minimum atomic E-state index is -0.636. The van der Waals surface area contributed by atoms with Gasteiger partial charge in [-0.1, -0.05) is 30.0 Å². The third-order valence-corrected chi connectivity index (χ3v) is 3.92. The molecule has 0 saturated heterocycles. The number of nitrogens with one attached hydrogen (secondary N) is 1. The number of para-hydroxylation sites is 1. The highest BCUT2D eigenvalue weighted by Gasteiger charge is 2.34. The third-order valence-electron chi connectivity index (χ3n) is 2.99. The first-order valence-corrected chi connectivity index (χ1v) is 7.18. The maximum absolute atomic E-state index is 11.6. The standard InChI is InChI=1S/C14H19N3OS/c1-14(2)12(18)15-13(16-14)19-9-10-7-5-6-8-11(10)17(3)4/h5-8H,9H2,1-4H3,(H,15,16,18). The predicted octanol–water partition coefficient (Wildman–Crippen LogP) is 2.25. The maximum atomic E-state index is 11.6. The molecule has 1 aliphatic rings. The van der Waals surface area contributed by atoms with Crippen molar-refractivity contribution < 1.29 is 4.79 Å². The van der Waals surface area contributed by atoms with E-state index in [4.69, 9.17) is 0 Å². The van der Waals surface area contributed by atoms with E-state index in [0.717, 1.165) is 5.75 Å². The van der Waals surface area contributed by atoms with Crippen molar-refractivity contribution in [1.29, 1.82) is 0 Å². The fourth-order valence-electron chi connectivity index (χ4n) is 1.87. The minimum Gasteiger partial charge on any atom is -0.377 e. The van der Waals surface area contributed by atoms with Gasteiger partial charge in [-0.05, 0) is 25.5 Å². The van der Waals surface area contributed by atoms with Gasteiger partial charge in [0, 0.05) is 25.5 Å². The highest BCUT2D eigenvalue weighted by Crippen LogP contribution is 2.26. The number of amides is 1. The van der Waals surface area contributed by atoms with Gasteiger partial charge >= 0.3 is 0 Å². The molecule has 0 atom stereocenters. The van der Waals surface area contributed by atoms with E-state index in [1.165, 1.54) is 11.3 Å². The summed E-state index contributed by atoms with van der Waals surface area (Å²) < 4.78 is 0. The smallest absolute Gasteiger partial charge is 0.253 e. The zero-order chi connectivity index (χ0) is 14.0. The molecule has 1 aromatic carbocycles. The summed E-state index contributed by atoms with van der Waals surface area (Å²) in [7, 11) is 4.06. The normalized spacial score (nSPS) is 17.1. The molecule has 0 unspecified atom stereocenters. The number of nitrogens with zero attached hydrogens (tertiary/aromatic N) is 2. The van der Waals surface area contributed by atoms with Crippen LogP contribution in [0.3, 0.4) is 0 Å². The van der Waals surface area contributed by atoms with E-state index in [1.54, 1.807) is 11.8 Å². The van der Waals surface area contributed by atoms with Crippen LogP contribution in [-0.4, -0.2) is 30.7 Å². The number of benzene rings is 1. The van der Waals surface area contributed by atoms with E-state index in [9.17, 15) is 4.79 Å². The van der Waals surface area contributed by atoms with Gasteiger partial charge in [0.25, 0.3) is 5.91 Å². The monoisotopic (exact) mass is 277 g/mol. The van der Waals surface area contributed by atoms with Crippen molar-refractivity contribution >= 4 is 28.5 Å². The van der Waals surface area contributed by atoms with Crippen molar-refractivity contribution in [3.05, 3.63) is 29.8 Å². The molecule has 1 heterocycles. The number of aliphatic imine (C=N–C) groups is 1. The summed E-state index contributed by atoms with van der Waals surface area (Å²) in [5.74, 6) is 0.764. The zero-order valence-electron chi connectivity index (χ0n) is 11.7. The average molecular weight is 277 g/mol. The van der Waals surface area contributed by atoms with Crippen LogP contribution in [0.4, 0.5) is 5.69 Å². The van der Waals surface area contributed by atoms with Gasteiger partial charge in [0.15, 0.2) is 5.17 Å². The Morgan fingerprint density at radius 3 is 2.58 bits per heavy atom. The highest BCUT2D eigenvalue weighted by molar-refractivity contribution is 8.13. The number of carbonyl (C=O) groups is 1. The highest BCUT2D eigenvalue weighted by atomic mass is 32.2. The molecule has 0 aromatic heterocycles. The molecular weight excluding hydrogens is 258 g/mol. The van der Waals surface area contributed by atoms with Crippen LogP contribution in [0.15, 0.2) is 29.3 Å². The number of rotatable bonds is 3. The lowest BCUT2D eigenvalue weighted by molar-refractivity contribution is -0.122. The van der Waals surface area contributed by atoms with Crippen LogP contribution in [0.2, 0.25) is 0 Å². The van der Waals surface area contributed by atoms with Crippen molar-refractivity contribution in [2.75, 3.05) is 19.0 Å². The molecule has 102 valence electrons. The summed E-state index contributed by atoms with van der Waals surface area (Å²) in [6.45, 7) is 3.65. The summed E-state index contributed by atoms with van der Waals surface area (Å²) in [5.41, 5.74) is 1.79. The summed E-state index contributed by atoms with van der Waals surface area (Å²) >= 11 is 1.57. The summed E-state index contributed by atoms with van der Waals surface area (Å²) in [6.07, 6.45) is 0. The van der Waals surface area contributed by atoms with Gasteiger partial charge in [0.05, 0.1) is 0 Å². The Labute approximate surface area is 118 Å². The molecule has 2 rings (SSSR count). The second-order valence-corrected chi connectivity index (χ2v) is 6.21. The van der Waals surface area contributed by atoms with Gasteiger partial charge in [-0.15, -0.1) is 0 Å². The Morgan fingerprint density at radius 2 is 2.00 bits per heavy atom. The Bertz CT molecular complexity index is 523. The van der Waals surface area contributed by atoms with Crippen LogP contribution < -0.4 is 10.2 Å². The molecule has 5 heteroatoms. The maximum Gasteiger partial charge on any atom is 0.253 e. The van der Waals surface area contributed by atoms with Gasteiger partial charge in [-0.3, -0.25) is 4.79 Å². The number of anilines is 1. The largest absolute Gasteiger partial charge is 0.377 e. The first-order chi connectivity index (χ1) is 8.90. The molecule has 1 N–H and O–H groups in total. The lowest BCUT2D eigenvalue weighted by Crippen LogP contribution is -2.33. The number of hydrogen-bond donors (Lipinski definition) is 1. The molecule has 0 aliphatic carbocycles. The summed E-state index contributed by atoms with van der Waals surface area (Å²) in [4.78, 5) is 18.1. The molecule has 0 spiro atoms. The lowest BCUT2D eigenvalue weighted by Gasteiger charge is -2.16. The Balaban J connectivity index is 2.07. The van der Waals surface area contributed by atoms with E-state index < -0.39 is 5.54 Å². The van der Waals surface area contributed by atoms with E-state index in [-0.39, 0.29) is 5.91 Å². The topological polar surface area (TPSA) is 44.7 Å². The molecule has 1 aromatic rings. The van der Waals surface area contributed by atoms with E-state index in [1.807, 2.05) is 40.1 Å². The summed E-state index contributed by atoms with van der Waals surface area (Å²) in [6, 6.07) is 8.25. The first kappa shape index (κ1) is 13.9. The molecule has 0 bridgehead atoms. The fourth-order valence-corrected chi connectivity index (χ4v) is 2.86. The third kappa shape index (κ3) is 3.10. The number of thioether (sulfide) groups is 1.